The highest BCUT2D eigenvalue weighted by molar-refractivity contribution is 5.94. The minimum atomic E-state index is -1.01. The summed E-state index contributed by atoms with van der Waals surface area (Å²) in [5, 5.41) is 15.0. The van der Waals surface area contributed by atoms with E-state index in [1.165, 1.54) is 32.2 Å². The maximum atomic E-state index is 13.3. The predicted molar refractivity (Wildman–Crippen MR) is 237 cm³/mol. The van der Waals surface area contributed by atoms with Gasteiger partial charge in [-0.3, -0.25) is 9.59 Å². The molecule has 0 bridgehead atoms. The van der Waals surface area contributed by atoms with E-state index in [-0.39, 0.29) is 38.4 Å². The third-order valence-corrected chi connectivity index (χ3v) is 10.5. The van der Waals surface area contributed by atoms with E-state index >= 15 is 0 Å². The van der Waals surface area contributed by atoms with Crippen molar-refractivity contribution in [1.29, 1.82) is 0 Å². The van der Waals surface area contributed by atoms with Crippen LogP contribution >= 0.6 is 0 Å². The van der Waals surface area contributed by atoms with Gasteiger partial charge in [-0.05, 0) is 59.4 Å². The van der Waals surface area contributed by atoms with Crippen LogP contribution in [0, 0.1) is 0 Å². The fourth-order valence-electron chi connectivity index (χ4n) is 7.21. The van der Waals surface area contributed by atoms with Crippen molar-refractivity contribution in [2.45, 2.75) is 88.8 Å². The first-order valence-electron chi connectivity index (χ1n) is 21.1. The van der Waals surface area contributed by atoms with Crippen LogP contribution in [0.25, 0.3) is 0 Å². The molecule has 6 rings (SSSR count). The lowest BCUT2D eigenvalue weighted by Crippen LogP contribution is -2.61. The van der Waals surface area contributed by atoms with Crippen molar-refractivity contribution in [1.82, 2.24) is 10.6 Å². The van der Waals surface area contributed by atoms with E-state index in [4.69, 9.17) is 28.4 Å². The number of benzene rings is 5. The van der Waals surface area contributed by atoms with Crippen LogP contribution in [0.2, 0.25) is 0 Å². The number of carbonyl (C=O) groups excluding carboxylic acids is 3. The summed E-state index contributed by atoms with van der Waals surface area (Å²) in [6.45, 7) is 2.94. The lowest BCUT2D eigenvalue weighted by molar-refractivity contribution is -0.271. The maximum Gasteiger partial charge on any atom is 0.328 e. The summed E-state index contributed by atoms with van der Waals surface area (Å²) in [5.74, 6) is -1.66. The molecule has 0 aromatic heterocycles. The van der Waals surface area contributed by atoms with Crippen LogP contribution in [0.1, 0.15) is 41.2 Å². The van der Waals surface area contributed by atoms with Gasteiger partial charge in [0, 0.05) is 6.42 Å². The third-order valence-electron chi connectivity index (χ3n) is 10.5. The molecule has 1 aliphatic rings. The third kappa shape index (κ3) is 14.7. The summed E-state index contributed by atoms with van der Waals surface area (Å²) >= 11 is 0. The Balaban J connectivity index is 1.20. The quantitative estimate of drug-likeness (QED) is 0.0502. The van der Waals surface area contributed by atoms with Gasteiger partial charge in [0.2, 0.25) is 11.8 Å². The normalized spacial score (nSPS) is 19.5. The van der Waals surface area contributed by atoms with Gasteiger partial charge in [-0.2, -0.15) is 0 Å². The molecule has 63 heavy (non-hydrogen) atoms. The summed E-state index contributed by atoms with van der Waals surface area (Å²) in [5.41, 5.74) is 4.65. The molecular weight excluding hydrogens is 801 g/mol. The second-order valence-corrected chi connectivity index (χ2v) is 15.3. The number of aromatic hydroxyl groups is 1. The largest absolute Gasteiger partial charge is 0.508 e. The summed E-state index contributed by atoms with van der Waals surface area (Å²) in [6, 6.07) is 43.8. The molecule has 2 amide bonds. The molecule has 330 valence electrons. The number of hydrogen-bond acceptors (Lipinski definition) is 10. The topological polar surface area (TPSA) is 151 Å². The molecule has 1 fully saturated rings. The van der Waals surface area contributed by atoms with E-state index in [1.807, 2.05) is 121 Å². The highest BCUT2D eigenvalue weighted by atomic mass is 16.6. The van der Waals surface area contributed by atoms with Crippen molar-refractivity contribution in [3.8, 4) is 5.75 Å². The van der Waals surface area contributed by atoms with E-state index in [0.717, 1.165) is 22.3 Å². The van der Waals surface area contributed by atoms with E-state index < -0.39 is 60.4 Å². The minimum absolute atomic E-state index is 0.0769. The van der Waals surface area contributed by atoms with Gasteiger partial charge in [0.25, 0.3) is 0 Å². The minimum Gasteiger partial charge on any atom is -0.508 e. The second-order valence-electron chi connectivity index (χ2n) is 15.3. The number of phenolic OH excluding ortho intramolecular Hbond substituents is 1. The van der Waals surface area contributed by atoms with E-state index in [2.05, 4.69) is 10.6 Å². The first-order chi connectivity index (χ1) is 30.7. The highest BCUT2D eigenvalue weighted by Gasteiger charge is 2.48. The van der Waals surface area contributed by atoms with Gasteiger partial charge in [0.1, 0.15) is 42.2 Å². The lowest BCUT2D eigenvalue weighted by atomic mass is 9.92. The van der Waals surface area contributed by atoms with Crippen molar-refractivity contribution in [2.75, 3.05) is 13.7 Å². The SMILES string of the molecule is COC(=O)[C@H](Cc1ccc(O)cc1)NC(=O)[C@H](C)NC(=O)/C=C/C[C@H]1O[C@H](COCc2ccccc2)[C@H](OCc2ccccc2)[C@H](OCc2ccccc2)[C@H]1OCc1ccccc1. The Morgan fingerprint density at radius 1 is 0.619 bits per heavy atom. The fourth-order valence-corrected chi connectivity index (χ4v) is 7.21. The number of nitrogens with one attached hydrogen (secondary N) is 2. The molecule has 12 nitrogen and oxygen atoms in total. The Morgan fingerprint density at radius 3 is 1.60 bits per heavy atom. The molecule has 0 aliphatic carbocycles. The smallest absolute Gasteiger partial charge is 0.328 e. The van der Waals surface area contributed by atoms with Gasteiger partial charge in [-0.25, -0.2) is 4.79 Å². The van der Waals surface area contributed by atoms with E-state index in [9.17, 15) is 19.5 Å². The maximum absolute atomic E-state index is 13.3. The number of phenols is 1. The van der Waals surface area contributed by atoms with Gasteiger partial charge < -0.3 is 44.2 Å². The van der Waals surface area contributed by atoms with Crippen LogP contribution in [0.5, 0.6) is 5.75 Å². The van der Waals surface area contributed by atoms with Crippen molar-refractivity contribution in [3.63, 3.8) is 0 Å². The van der Waals surface area contributed by atoms with Crippen LogP contribution in [0.15, 0.2) is 158 Å². The molecule has 0 radical (unpaired) electrons. The Morgan fingerprint density at radius 2 is 1.10 bits per heavy atom. The van der Waals surface area contributed by atoms with Gasteiger partial charge in [-0.15, -0.1) is 0 Å². The average molecular weight is 857 g/mol. The standard InChI is InChI=1S/C51H56N2O10/c1-36(50(56)53-43(51(57)58-2)30-37-26-28-42(54)29-27-37)52-46(55)25-15-24-44-47(60-32-39-18-9-4-10-19-39)49(62-34-41-22-13-6-14-23-41)48(61-33-40-20-11-5-12-21-40)45(63-44)35-59-31-38-16-7-3-8-17-38/h3-23,25-29,36,43-45,47-49,54H,24,30-35H2,1-2H3,(H,52,55)(H,53,56)/b25-15+/t36-,43-,44+,45+,47-,48-,49+/m0/s1. The Hall–Kier alpha value is -6.15. The number of rotatable bonds is 22. The second kappa shape index (κ2) is 24.5. The number of methoxy groups -OCH3 is 1. The molecular formula is C51H56N2O10. The Bertz CT molecular complexity index is 2160. The van der Waals surface area contributed by atoms with E-state index in [0.29, 0.717) is 18.8 Å². The fraction of sp³-hybridized carbons (Fsp3) is 0.314. The molecule has 5 aromatic rings. The number of amides is 2. The van der Waals surface area contributed by atoms with Crippen LogP contribution in [0.3, 0.4) is 0 Å². The first-order valence-corrected chi connectivity index (χ1v) is 21.1. The first kappa shape index (κ1) is 46.4. The van der Waals surface area contributed by atoms with Gasteiger partial charge in [-0.1, -0.05) is 140 Å². The summed E-state index contributed by atoms with van der Waals surface area (Å²) in [6.07, 6.45) is 0.324. The van der Waals surface area contributed by atoms with Crippen molar-refractivity contribution in [3.05, 3.63) is 186 Å². The Labute approximate surface area is 369 Å². The molecule has 5 aromatic carbocycles. The van der Waals surface area contributed by atoms with Gasteiger partial charge >= 0.3 is 5.97 Å². The molecule has 1 heterocycles. The lowest BCUT2D eigenvalue weighted by Gasteiger charge is -2.46. The van der Waals surface area contributed by atoms with Crippen LogP contribution in [-0.2, 0) is 75.7 Å². The van der Waals surface area contributed by atoms with E-state index in [1.54, 1.807) is 18.2 Å². The summed E-state index contributed by atoms with van der Waals surface area (Å²) < 4.78 is 38.4. The molecule has 12 heteroatoms. The predicted octanol–water partition coefficient (Wildman–Crippen LogP) is 6.78. The monoisotopic (exact) mass is 856 g/mol. The van der Waals surface area contributed by atoms with Gasteiger partial charge in [0.05, 0.1) is 46.2 Å². The molecule has 0 unspecified atom stereocenters. The molecule has 0 saturated carbocycles. The molecule has 1 saturated heterocycles. The van der Waals surface area contributed by atoms with Crippen molar-refractivity contribution < 1.29 is 47.9 Å². The van der Waals surface area contributed by atoms with Crippen molar-refractivity contribution >= 4 is 17.8 Å². The zero-order valence-corrected chi connectivity index (χ0v) is 35.6. The van der Waals surface area contributed by atoms with Crippen molar-refractivity contribution in [2.24, 2.45) is 0 Å². The van der Waals surface area contributed by atoms with Crippen LogP contribution in [0.4, 0.5) is 0 Å². The molecule has 0 spiro atoms. The Kier molecular flexibility index (Phi) is 18.0. The van der Waals surface area contributed by atoms with Gasteiger partial charge in [0.15, 0.2) is 0 Å². The van der Waals surface area contributed by atoms with Crippen LogP contribution in [-0.4, -0.2) is 79.2 Å². The highest BCUT2D eigenvalue weighted by Crippen LogP contribution is 2.32. The average Bonchev–Trinajstić information content (AvgIpc) is 3.31. The zero-order chi connectivity index (χ0) is 44.2. The summed E-state index contributed by atoms with van der Waals surface area (Å²) in [4.78, 5) is 39.1. The van der Waals surface area contributed by atoms with Crippen LogP contribution < -0.4 is 10.6 Å². The number of carbonyl (C=O) groups is 3. The number of ether oxygens (including phenoxy) is 6. The molecule has 7 atom stereocenters. The zero-order valence-electron chi connectivity index (χ0n) is 35.6. The molecule has 1 aliphatic heterocycles. The number of esters is 1. The summed E-state index contributed by atoms with van der Waals surface area (Å²) in [7, 11) is 1.23. The number of hydrogen-bond donors (Lipinski definition) is 3. The molecule has 3 N–H and O–H groups in total.